The molecule has 0 fully saturated rings. The first-order valence-electron chi connectivity index (χ1n) is 12.6. The molecule has 6 rings (SSSR count). The molecule has 3 amide bonds. The Labute approximate surface area is 237 Å². The number of rotatable bonds is 5. The van der Waals surface area contributed by atoms with Gasteiger partial charge in [-0.1, -0.05) is 48.5 Å². The minimum atomic E-state index is -0.724. The number of furan rings is 1. The number of aryl methyl sites for hydroxylation is 1. The third-order valence-corrected chi connectivity index (χ3v) is 8.71. The fraction of sp³-hybridized carbons (Fsp3) is 0.129. The van der Waals surface area contributed by atoms with Crippen LogP contribution in [-0.2, 0) is 12.8 Å². The molecule has 1 aliphatic carbocycles. The van der Waals surface area contributed by atoms with Gasteiger partial charge in [0, 0.05) is 14.8 Å². The summed E-state index contributed by atoms with van der Waals surface area (Å²) in [5.41, 5.74) is 14.8. The number of nitrogens with two attached hydrogens (primary N) is 2. The van der Waals surface area contributed by atoms with Gasteiger partial charge in [-0.25, -0.2) is 0 Å². The molecule has 0 aliphatic heterocycles. The van der Waals surface area contributed by atoms with Crippen molar-refractivity contribution in [3.8, 4) is 0 Å². The molecule has 39 heavy (non-hydrogen) atoms. The number of nitrogens with one attached hydrogen (secondary N) is 1. The number of amides is 3. The number of fused-ring (bicyclic) bond motifs is 5. The Kier molecular flexibility index (Phi) is 6.34. The standard InChI is InChI=1S/C31H24IN3O4/c32-27-25(29(33)36)14-19(15-26(27)30(34)37)35-31(38)28-22(11-12-39-28)18-6-8-21-17(13-18)7-10-23-20-4-2-1-3-16(20)5-9-24(21)23/h1-5,7,9-12,14-15,18H,6,8,13H2,(H2,33,36)(H2,34,37)(H,35,38). The highest BCUT2D eigenvalue weighted by Gasteiger charge is 2.28. The molecule has 1 heterocycles. The molecule has 7 nitrogen and oxygen atoms in total. The third-order valence-electron chi connectivity index (χ3n) is 7.55. The van der Waals surface area contributed by atoms with Crippen LogP contribution in [0.25, 0.3) is 21.5 Å². The first-order valence-corrected chi connectivity index (χ1v) is 13.6. The van der Waals surface area contributed by atoms with Gasteiger partial charge in [-0.2, -0.15) is 0 Å². The van der Waals surface area contributed by atoms with Gasteiger partial charge in [0.1, 0.15) is 0 Å². The number of primary amides is 2. The van der Waals surface area contributed by atoms with Crippen molar-refractivity contribution in [2.75, 3.05) is 5.32 Å². The molecule has 1 atom stereocenters. The number of carbonyl (C=O) groups is 3. The highest BCUT2D eigenvalue weighted by molar-refractivity contribution is 14.1. The smallest absolute Gasteiger partial charge is 0.291 e. The van der Waals surface area contributed by atoms with Crippen molar-refractivity contribution in [3.63, 3.8) is 0 Å². The van der Waals surface area contributed by atoms with Gasteiger partial charge in [-0.05, 0) is 98.6 Å². The topological polar surface area (TPSA) is 128 Å². The first kappa shape index (κ1) is 25.1. The van der Waals surface area contributed by atoms with E-state index in [1.165, 1.54) is 51.1 Å². The van der Waals surface area contributed by atoms with Crippen molar-refractivity contribution in [1.82, 2.24) is 0 Å². The Balaban J connectivity index is 1.29. The lowest BCUT2D eigenvalue weighted by Gasteiger charge is -2.26. The number of hydrogen-bond acceptors (Lipinski definition) is 4. The molecule has 0 saturated carbocycles. The number of carbonyl (C=O) groups excluding carboxylic acids is 3. The van der Waals surface area contributed by atoms with Crippen molar-refractivity contribution in [2.45, 2.75) is 25.2 Å². The summed E-state index contributed by atoms with van der Waals surface area (Å²) in [5.74, 6) is -1.61. The molecular weight excluding hydrogens is 605 g/mol. The summed E-state index contributed by atoms with van der Waals surface area (Å²) in [5, 5.41) is 7.77. The van der Waals surface area contributed by atoms with Crippen LogP contribution in [0.1, 0.15) is 60.3 Å². The zero-order valence-electron chi connectivity index (χ0n) is 20.8. The number of hydrogen-bond donors (Lipinski definition) is 3. The van der Waals surface area contributed by atoms with E-state index in [0.29, 0.717) is 3.57 Å². The maximum absolute atomic E-state index is 13.3. The highest BCUT2D eigenvalue weighted by Crippen LogP contribution is 2.39. The molecule has 0 bridgehead atoms. The van der Waals surface area contributed by atoms with Crippen LogP contribution in [0, 0.1) is 3.57 Å². The Bertz CT molecular complexity index is 1790. The second-order valence-electron chi connectivity index (χ2n) is 9.80. The van der Waals surface area contributed by atoms with E-state index in [4.69, 9.17) is 15.9 Å². The SMILES string of the molecule is NC(=O)c1cc(NC(=O)c2occc2C2CCc3c(ccc4c3ccc3ccccc34)C2)cc(C(N)=O)c1I. The fourth-order valence-corrected chi connectivity index (χ4v) is 6.55. The molecule has 0 spiro atoms. The average molecular weight is 629 g/mol. The second kappa shape index (κ2) is 9.85. The van der Waals surface area contributed by atoms with Gasteiger partial charge in [-0.3, -0.25) is 14.4 Å². The van der Waals surface area contributed by atoms with E-state index >= 15 is 0 Å². The highest BCUT2D eigenvalue weighted by atomic mass is 127. The van der Waals surface area contributed by atoms with Crippen molar-refractivity contribution in [1.29, 1.82) is 0 Å². The van der Waals surface area contributed by atoms with E-state index in [2.05, 4.69) is 53.8 Å². The van der Waals surface area contributed by atoms with E-state index in [-0.39, 0.29) is 28.5 Å². The Morgan fingerprint density at radius 2 is 1.59 bits per heavy atom. The summed E-state index contributed by atoms with van der Waals surface area (Å²) >= 11 is 1.84. The van der Waals surface area contributed by atoms with Crippen LogP contribution in [-0.4, -0.2) is 17.7 Å². The molecule has 5 N–H and O–H groups in total. The van der Waals surface area contributed by atoms with Gasteiger partial charge >= 0.3 is 0 Å². The minimum absolute atomic E-state index is 0.103. The fourth-order valence-electron chi connectivity index (χ4n) is 5.70. The second-order valence-corrected chi connectivity index (χ2v) is 10.9. The summed E-state index contributed by atoms with van der Waals surface area (Å²) in [6.45, 7) is 0. The van der Waals surface area contributed by atoms with Gasteiger partial charge in [-0.15, -0.1) is 0 Å². The predicted molar refractivity (Wildman–Crippen MR) is 159 cm³/mol. The van der Waals surface area contributed by atoms with Gasteiger partial charge in [0.25, 0.3) is 5.91 Å². The van der Waals surface area contributed by atoms with Crippen LogP contribution in [0.2, 0.25) is 0 Å². The number of anilines is 1. The quantitative estimate of drug-likeness (QED) is 0.165. The predicted octanol–water partition coefficient (Wildman–Crippen LogP) is 5.91. The molecule has 1 unspecified atom stereocenters. The van der Waals surface area contributed by atoms with Gasteiger partial charge < -0.3 is 21.2 Å². The Hall–Kier alpha value is -4.18. The molecule has 0 radical (unpaired) electrons. The summed E-state index contributed by atoms with van der Waals surface area (Å²) < 4.78 is 5.98. The van der Waals surface area contributed by atoms with Crippen molar-refractivity contribution in [2.24, 2.45) is 11.5 Å². The lowest BCUT2D eigenvalue weighted by molar-refractivity contribution is 0.0982. The molecule has 194 valence electrons. The number of benzene rings is 4. The summed E-state index contributed by atoms with van der Waals surface area (Å²) in [7, 11) is 0. The molecule has 5 aromatic rings. The molecule has 0 saturated heterocycles. The van der Waals surface area contributed by atoms with Gasteiger partial charge in [0.2, 0.25) is 11.8 Å². The van der Waals surface area contributed by atoms with E-state index in [9.17, 15) is 14.4 Å². The van der Waals surface area contributed by atoms with Crippen LogP contribution < -0.4 is 16.8 Å². The maximum atomic E-state index is 13.3. The monoisotopic (exact) mass is 629 g/mol. The summed E-state index contributed by atoms with van der Waals surface area (Å²) in [4.78, 5) is 37.1. The molecular formula is C31H24IN3O4. The van der Waals surface area contributed by atoms with Crippen molar-refractivity contribution in [3.05, 3.63) is 110 Å². The molecule has 8 heteroatoms. The lowest BCUT2D eigenvalue weighted by atomic mass is 9.78. The molecule has 1 aromatic heterocycles. The van der Waals surface area contributed by atoms with Crippen molar-refractivity contribution < 1.29 is 18.8 Å². The van der Waals surface area contributed by atoms with Gasteiger partial charge in [0.05, 0.1) is 17.4 Å². The maximum Gasteiger partial charge on any atom is 0.291 e. The molecule has 4 aromatic carbocycles. The zero-order chi connectivity index (χ0) is 27.3. The Morgan fingerprint density at radius 1 is 0.872 bits per heavy atom. The van der Waals surface area contributed by atoms with Crippen LogP contribution >= 0.6 is 22.6 Å². The van der Waals surface area contributed by atoms with E-state index in [1.807, 2.05) is 28.7 Å². The van der Waals surface area contributed by atoms with Crippen LogP contribution in [0.5, 0.6) is 0 Å². The van der Waals surface area contributed by atoms with Crippen molar-refractivity contribution >= 4 is 67.5 Å². The van der Waals surface area contributed by atoms with Crippen LogP contribution in [0.15, 0.2) is 77.4 Å². The van der Waals surface area contributed by atoms with Gasteiger partial charge in [0.15, 0.2) is 5.76 Å². The summed E-state index contributed by atoms with van der Waals surface area (Å²) in [6, 6.07) is 21.9. The Morgan fingerprint density at radius 3 is 2.33 bits per heavy atom. The normalized spacial score (nSPS) is 14.7. The third kappa shape index (κ3) is 4.44. The van der Waals surface area contributed by atoms with E-state index in [0.717, 1.165) is 24.8 Å². The minimum Gasteiger partial charge on any atom is -0.459 e. The number of halogens is 1. The average Bonchev–Trinajstić information content (AvgIpc) is 3.43. The van der Waals surface area contributed by atoms with Crippen LogP contribution in [0.4, 0.5) is 5.69 Å². The van der Waals surface area contributed by atoms with E-state index in [1.54, 1.807) is 0 Å². The van der Waals surface area contributed by atoms with E-state index < -0.39 is 17.7 Å². The zero-order valence-corrected chi connectivity index (χ0v) is 23.0. The van der Waals surface area contributed by atoms with Crippen LogP contribution in [0.3, 0.4) is 0 Å². The molecule has 1 aliphatic rings. The lowest BCUT2D eigenvalue weighted by Crippen LogP contribution is -2.21. The largest absolute Gasteiger partial charge is 0.459 e. The summed E-state index contributed by atoms with van der Waals surface area (Å²) in [6.07, 6.45) is 4.08. The first-order chi connectivity index (χ1) is 18.8.